The minimum absolute atomic E-state index is 0.00144. The van der Waals surface area contributed by atoms with E-state index in [-0.39, 0.29) is 11.8 Å². The molecule has 1 atom stereocenters. The smallest absolute Gasteiger partial charge is 0.249 e. The minimum Gasteiger partial charge on any atom is -0.316 e. The van der Waals surface area contributed by atoms with E-state index < -0.39 is 0 Å². The molecule has 0 bridgehead atoms. The Morgan fingerprint density at radius 2 is 2.25 bits per heavy atom. The molecule has 12 heavy (non-hydrogen) atoms. The molecule has 0 aliphatic carbocycles. The van der Waals surface area contributed by atoms with Crippen molar-refractivity contribution in [3.8, 4) is 0 Å². The molecule has 0 spiro atoms. The Morgan fingerprint density at radius 1 is 1.67 bits per heavy atom. The van der Waals surface area contributed by atoms with Gasteiger partial charge in [-0.1, -0.05) is 13.8 Å². The number of nitrogens with zero attached hydrogens (tertiary/aromatic N) is 1. The topological polar surface area (TPSA) is 41.6 Å². The van der Waals surface area contributed by atoms with Gasteiger partial charge in [0.25, 0.3) is 0 Å². The van der Waals surface area contributed by atoms with Crippen molar-refractivity contribution in [1.82, 2.24) is 10.4 Å². The van der Waals surface area contributed by atoms with Crippen LogP contribution in [0.1, 0.15) is 13.8 Å². The number of amides is 1. The first-order valence-corrected chi connectivity index (χ1v) is 4.15. The molecule has 0 aromatic carbocycles. The van der Waals surface area contributed by atoms with Crippen molar-refractivity contribution in [2.24, 2.45) is 5.92 Å². The Kier molecular flexibility index (Phi) is 5.66. The zero-order valence-electron chi connectivity index (χ0n) is 8.26. The Balaban J connectivity index is 3.75. The van der Waals surface area contributed by atoms with Crippen LogP contribution >= 0.6 is 0 Å². The minimum atomic E-state index is -0.0325. The highest BCUT2D eigenvalue weighted by Gasteiger charge is 2.16. The molecule has 0 aromatic rings. The number of carbonyl (C=O) groups is 1. The van der Waals surface area contributed by atoms with Gasteiger partial charge in [-0.2, -0.15) is 0 Å². The summed E-state index contributed by atoms with van der Waals surface area (Å²) in [5.74, 6) is -0.0339. The Hall–Kier alpha value is -0.610. The molecule has 0 radical (unpaired) electrons. The van der Waals surface area contributed by atoms with Gasteiger partial charge in [0.1, 0.15) is 0 Å². The normalized spacial score (nSPS) is 12.7. The zero-order chi connectivity index (χ0) is 9.56. The van der Waals surface area contributed by atoms with E-state index in [0.717, 1.165) is 6.54 Å². The summed E-state index contributed by atoms with van der Waals surface area (Å²) >= 11 is 0. The van der Waals surface area contributed by atoms with Gasteiger partial charge in [-0.25, -0.2) is 5.06 Å². The van der Waals surface area contributed by atoms with Crippen LogP contribution in [0.3, 0.4) is 0 Å². The summed E-state index contributed by atoms with van der Waals surface area (Å²) in [6.07, 6.45) is 0. The van der Waals surface area contributed by atoms with Crippen molar-refractivity contribution < 1.29 is 9.63 Å². The second-order valence-corrected chi connectivity index (χ2v) is 2.73. The summed E-state index contributed by atoms with van der Waals surface area (Å²) in [4.78, 5) is 16.1. The lowest BCUT2D eigenvalue weighted by Gasteiger charge is -2.18. The molecule has 0 aromatic heterocycles. The highest BCUT2D eigenvalue weighted by molar-refractivity contribution is 5.77. The van der Waals surface area contributed by atoms with Crippen molar-refractivity contribution in [2.45, 2.75) is 13.8 Å². The summed E-state index contributed by atoms with van der Waals surface area (Å²) in [5, 5.41) is 4.36. The summed E-state index contributed by atoms with van der Waals surface area (Å²) in [7, 11) is 3.10. The molecular weight excluding hydrogens is 156 g/mol. The third-order valence-corrected chi connectivity index (χ3v) is 1.71. The van der Waals surface area contributed by atoms with E-state index in [1.807, 2.05) is 13.8 Å². The average Bonchev–Trinajstić information content (AvgIpc) is 2.11. The molecule has 1 N–H and O–H groups in total. The van der Waals surface area contributed by atoms with Crippen LogP contribution in [-0.2, 0) is 9.63 Å². The van der Waals surface area contributed by atoms with Crippen LogP contribution in [0.25, 0.3) is 0 Å². The van der Waals surface area contributed by atoms with Crippen LogP contribution in [-0.4, -0.2) is 38.2 Å². The number of nitrogens with one attached hydrogen (secondary N) is 1. The number of hydrogen-bond acceptors (Lipinski definition) is 3. The fraction of sp³-hybridized carbons (Fsp3) is 0.875. The number of carbonyl (C=O) groups excluding carboxylic acids is 1. The highest BCUT2D eigenvalue weighted by atomic mass is 16.7. The summed E-state index contributed by atoms with van der Waals surface area (Å²) in [6, 6.07) is 0. The molecule has 72 valence electrons. The predicted molar refractivity (Wildman–Crippen MR) is 47.5 cm³/mol. The molecule has 4 heteroatoms. The zero-order valence-corrected chi connectivity index (χ0v) is 8.26. The van der Waals surface area contributed by atoms with Gasteiger partial charge in [-0.15, -0.1) is 0 Å². The number of hydrogen-bond donors (Lipinski definition) is 1. The number of hydroxylamine groups is 2. The maximum atomic E-state index is 11.3. The maximum Gasteiger partial charge on any atom is 0.249 e. The van der Waals surface area contributed by atoms with Crippen molar-refractivity contribution in [3.63, 3.8) is 0 Å². The monoisotopic (exact) mass is 174 g/mol. The first-order chi connectivity index (χ1) is 5.63. The van der Waals surface area contributed by atoms with Crippen LogP contribution < -0.4 is 5.32 Å². The lowest BCUT2D eigenvalue weighted by atomic mass is 10.1. The van der Waals surface area contributed by atoms with Gasteiger partial charge in [-0.05, 0) is 6.54 Å². The van der Waals surface area contributed by atoms with E-state index in [2.05, 4.69) is 5.32 Å². The Morgan fingerprint density at radius 3 is 2.67 bits per heavy atom. The molecule has 0 saturated carbocycles. The summed E-state index contributed by atoms with van der Waals surface area (Å²) in [6.45, 7) is 5.47. The van der Waals surface area contributed by atoms with E-state index in [9.17, 15) is 4.79 Å². The maximum absolute atomic E-state index is 11.3. The van der Waals surface area contributed by atoms with Crippen LogP contribution in [0.4, 0.5) is 0 Å². The lowest BCUT2D eigenvalue weighted by molar-refractivity contribution is -0.172. The molecule has 1 amide bonds. The van der Waals surface area contributed by atoms with Crippen molar-refractivity contribution in [3.05, 3.63) is 0 Å². The largest absolute Gasteiger partial charge is 0.316 e. The molecule has 0 heterocycles. The van der Waals surface area contributed by atoms with Crippen molar-refractivity contribution in [1.29, 1.82) is 0 Å². The molecule has 0 fully saturated rings. The number of rotatable bonds is 5. The van der Waals surface area contributed by atoms with E-state index in [4.69, 9.17) is 4.84 Å². The average molecular weight is 174 g/mol. The lowest BCUT2D eigenvalue weighted by Crippen LogP contribution is -2.36. The van der Waals surface area contributed by atoms with Gasteiger partial charge >= 0.3 is 0 Å². The van der Waals surface area contributed by atoms with Crippen LogP contribution in [0, 0.1) is 5.92 Å². The molecule has 0 aliphatic heterocycles. The highest BCUT2D eigenvalue weighted by Crippen LogP contribution is 1.98. The summed E-state index contributed by atoms with van der Waals surface area (Å²) in [5.41, 5.74) is 0. The Labute approximate surface area is 73.8 Å². The van der Waals surface area contributed by atoms with Gasteiger partial charge in [0.2, 0.25) is 5.91 Å². The van der Waals surface area contributed by atoms with Gasteiger partial charge in [0.05, 0.1) is 7.11 Å². The predicted octanol–water partition coefficient (Wildman–Crippen LogP) is 0.252. The van der Waals surface area contributed by atoms with Crippen molar-refractivity contribution in [2.75, 3.05) is 27.2 Å². The fourth-order valence-electron chi connectivity index (χ4n) is 0.848. The Bertz CT molecular complexity index is 139. The molecule has 1 unspecified atom stereocenters. The third kappa shape index (κ3) is 3.69. The quantitative estimate of drug-likeness (QED) is 0.607. The molecule has 4 nitrogen and oxygen atoms in total. The first kappa shape index (κ1) is 11.4. The van der Waals surface area contributed by atoms with Gasteiger partial charge in [0, 0.05) is 19.5 Å². The second kappa shape index (κ2) is 5.97. The van der Waals surface area contributed by atoms with Gasteiger partial charge in [0.15, 0.2) is 0 Å². The van der Waals surface area contributed by atoms with E-state index in [1.165, 1.54) is 12.2 Å². The van der Waals surface area contributed by atoms with Crippen LogP contribution in [0.5, 0.6) is 0 Å². The van der Waals surface area contributed by atoms with Crippen molar-refractivity contribution >= 4 is 5.91 Å². The second-order valence-electron chi connectivity index (χ2n) is 2.73. The standard InChI is InChI=1S/C8H18N2O2/c1-5-9-6-7(2)8(11)10(3)12-4/h7,9H,5-6H2,1-4H3. The van der Waals surface area contributed by atoms with E-state index >= 15 is 0 Å². The van der Waals surface area contributed by atoms with Crippen LogP contribution in [0.15, 0.2) is 0 Å². The van der Waals surface area contributed by atoms with E-state index in [1.54, 1.807) is 7.05 Å². The molecule has 0 saturated heterocycles. The van der Waals surface area contributed by atoms with Gasteiger partial charge < -0.3 is 5.32 Å². The van der Waals surface area contributed by atoms with Gasteiger partial charge in [-0.3, -0.25) is 9.63 Å². The first-order valence-electron chi connectivity index (χ1n) is 4.15. The fourth-order valence-corrected chi connectivity index (χ4v) is 0.848. The molecule has 0 rings (SSSR count). The van der Waals surface area contributed by atoms with Crippen LogP contribution in [0.2, 0.25) is 0 Å². The molecular formula is C8H18N2O2. The van der Waals surface area contributed by atoms with E-state index in [0.29, 0.717) is 6.54 Å². The summed E-state index contributed by atoms with van der Waals surface area (Å²) < 4.78 is 0. The molecule has 0 aliphatic rings. The third-order valence-electron chi connectivity index (χ3n) is 1.71. The SMILES string of the molecule is CCNCC(C)C(=O)N(C)OC.